The molecule has 28 heavy (non-hydrogen) atoms. The van der Waals surface area contributed by atoms with Crippen LogP contribution in [-0.4, -0.2) is 44.5 Å². The molecule has 0 bridgehead atoms. The highest BCUT2D eigenvalue weighted by atomic mass is 16.5. The molecule has 1 N–H and O–H groups in total. The molecule has 0 radical (unpaired) electrons. The minimum absolute atomic E-state index is 0.124. The Bertz CT molecular complexity index is 887. The van der Waals surface area contributed by atoms with E-state index >= 15 is 0 Å². The Morgan fingerprint density at radius 2 is 1.93 bits per heavy atom. The summed E-state index contributed by atoms with van der Waals surface area (Å²) in [5.41, 5.74) is 1.57. The van der Waals surface area contributed by atoms with E-state index in [0.717, 1.165) is 0 Å². The van der Waals surface area contributed by atoms with Crippen LogP contribution in [0.5, 0.6) is 11.5 Å². The fraction of sp³-hybridized carbons (Fsp3) is 0.286. The van der Waals surface area contributed by atoms with Crippen LogP contribution in [0.15, 0.2) is 42.5 Å². The van der Waals surface area contributed by atoms with Crippen molar-refractivity contribution in [3.05, 3.63) is 53.6 Å². The number of rotatable bonds is 8. The second-order valence-corrected chi connectivity index (χ2v) is 6.26. The van der Waals surface area contributed by atoms with Gasteiger partial charge in [-0.1, -0.05) is 6.07 Å². The van der Waals surface area contributed by atoms with Crippen molar-refractivity contribution in [1.82, 2.24) is 4.90 Å². The number of hydrogen-bond acceptors (Lipinski definition) is 5. The monoisotopic (exact) mass is 381 g/mol. The van der Waals surface area contributed by atoms with E-state index in [0.29, 0.717) is 41.3 Å². The lowest BCUT2D eigenvalue weighted by Gasteiger charge is -2.12. The van der Waals surface area contributed by atoms with Gasteiger partial charge in [0.25, 0.3) is 5.91 Å². The quantitative estimate of drug-likeness (QED) is 0.710. The molecule has 2 rings (SSSR count). The Hall–Kier alpha value is -3.53. The molecule has 7 nitrogen and oxygen atoms in total. The van der Waals surface area contributed by atoms with Crippen LogP contribution >= 0.6 is 0 Å². The highest BCUT2D eigenvalue weighted by Crippen LogP contribution is 2.28. The number of amides is 2. The molecule has 0 atom stereocenters. The molecule has 0 fully saturated rings. The highest BCUT2D eigenvalue weighted by molar-refractivity contribution is 5.96. The van der Waals surface area contributed by atoms with Crippen molar-refractivity contribution >= 4 is 17.5 Å². The minimum Gasteiger partial charge on any atom is -0.493 e. The summed E-state index contributed by atoms with van der Waals surface area (Å²) in [4.78, 5) is 25.6. The van der Waals surface area contributed by atoms with E-state index in [-0.39, 0.29) is 18.2 Å². The zero-order chi connectivity index (χ0) is 20.5. The SMILES string of the molecule is COc1cc(C#N)ccc1OCCCC(=O)Nc1cccc(C(=O)N(C)C)c1. The summed E-state index contributed by atoms with van der Waals surface area (Å²) >= 11 is 0. The predicted octanol–water partition coefficient (Wildman–Crippen LogP) is 3.07. The number of nitrogens with zero attached hydrogens (tertiary/aromatic N) is 2. The molecule has 0 spiro atoms. The first-order valence-electron chi connectivity index (χ1n) is 8.77. The van der Waals surface area contributed by atoms with Crippen molar-refractivity contribution in [2.24, 2.45) is 0 Å². The summed E-state index contributed by atoms with van der Waals surface area (Å²) in [6, 6.07) is 13.8. The summed E-state index contributed by atoms with van der Waals surface area (Å²) in [5, 5.41) is 11.7. The highest BCUT2D eigenvalue weighted by Gasteiger charge is 2.10. The Morgan fingerprint density at radius 1 is 1.14 bits per heavy atom. The Morgan fingerprint density at radius 3 is 2.61 bits per heavy atom. The van der Waals surface area contributed by atoms with Gasteiger partial charge in [-0.25, -0.2) is 0 Å². The summed E-state index contributed by atoms with van der Waals surface area (Å²) < 4.78 is 10.8. The van der Waals surface area contributed by atoms with E-state index in [9.17, 15) is 9.59 Å². The number of nitriles is 1. The first-order valence-corrected chi connectivity index (χ1v) is 8.77. The molecule has 0 unspecified atom stereocenters. The maximum atomic E-state index is 12.1. The van der Waals surface area contributed by atoms with Crippen LogP contribution < -0.4 is 14.8 Å². The molecule has 0 aliphatic heterocycles. The van der Waals surface area contributed by atoms with Crippen molar-refractivity contribution in [1.29, 1.82) is 5.26 Å². The Balaban J connectivity index is 1.83. The molecular formula is C21H23N3O4. The molecule has 0 heterocycles. The number of anilines is 1. The van der Waals surface area contributed by atoms with E-state index in [2.05, 4.69) is 5.32 Å². The number of ether oxygens (including phenoxy) is 2. The maximum absolute atomic E-state index is 12.1. The number of carbonyl (C=O) groups excluding carboxylic acids is 2. The van der Waals surface area contributed by atoms with Crippen LogP contribution in [0.4, 0.5) is 5.69 Å². The molecule has 7 heteroatoms. The molecule has 146 valence electrons. The first kappa shape index (κ1) is 20.8. The first-order chi connectivity index (χ1) is 13.4. The van der Waals surface area contributed by atoms with Crippen molar-refractivity contribution in [2.45, 2.75) is 12.8 Å². The molecule has 0 aliphatic rings. The van der Waals surface area contributed by atoms with Gasteiger partial charge in [0.15, 0.2) is 11.5 Å². The van der Waals surface area contributed by atoms with Crippen LogP contribution in [0, 0.1) is 11.3 Å². The number of nitrogens with one attached hydrogen (secondary N) is 1. The second-order valence-electron chi connectivity index (χ2n) is 6.26. The average molecular weight is 381 g/mol. The van der Waals surface area contributed by atoms with Gasteiger partial charge in [0.1, 0.15) is 0 Å². The second kappa shape index (κ2) is 9.97. The maximum Gasteiger partial charge on any atom is 0.253 e. The van der Waals surface area contributed by atoms with Crippen LogP contribution in [0.2, 0.25) is 0 Å². The minimum atomic E-state index is -0.162. The number of methoxy groups -OCH3 is 1. The van der Waals surface area contributed by atoms with Gasteiger partial charge in [-0.15, -0.1) is 0 Å². The number of carbonyl (C=O) groups is 2. The van der Waals surface area contributed by atoms with Crippen molar-refractivity contribution in [3.8, 4) is 17.6 Å². The topological polar surface area (TPSA) is 91.7 Å². The lowest BCUT2D eigenvalue weighted by Crippen LogP contribution is -2.22. The van der Waals surface area contributed by atoms with Crippen molar-refractivity contribution in [2.75, 3.05) is 33.1 Å². The molecule has 2 amide bonds. The third-order valence-corrected chi connectivity index (χ3v) is 3.90. The van der Waals surface area contributed by atoms with E-state index in [1.807, 2.05) is 6.07 Å². The van der Waals surface area contributed by atoms with Gasteiger partial charge in [0, 0.05) is 37.8 Å². The van der Waals surface area contributed by atoms with Gasteiger partial charge in [-0.2, -0.15) is 5.26 Å². The number of benzene rings is 2. The standard InChI is InChI=1S/C21H23N3O4/c1-24(2)21(26)16-6-4-7-17(13-16)23-20(25)8-5-11-28-18-10-9-15(14-22)12-19(18)27-3/h4,6-7,9-10,12-13H,5,8,11H2,1-3H3,(H,23,25). The smallest absolute Gasteiger partial charge is 0.253 e. The predicted molar refractivity (Wildman–Crippen MR) is 106 cm³/mol. The van der Waals surface area contributed by atoms with Gasteiger partial charge < -0.3 is 19.7 Å². The van der Waals surface area contributed by atoms with E-state index in [4.69, 9.17) is 14.7 Å². The normalized spacial score (nSPS) is 9.93. The zero-order valence-corrected chi connectivity index (χ0v) is 16.2. The fourth-order valence-electron chi connectivity index (χ4n) is 2.48. The lowest BCUT2D eigenvalue weighted by molar-refractivity contribution is -0.116. The van der Waals surface area contributed by atoms with Crippen LogP contribution in [0.25, 0.3) is 0 Å². The average Bonchev–Trinajstić information content (AvgIpc) is 2.70. The van der Waals surface area contributed by atoms with Crippen LogP contribution in [0.1, 0.15) is 28.8 Å². The molecule has 2 aromatic carbocycles. The molecule has 0 saturated carbocycles. The Kier molecular flexibility index (Phi) is 7.40. The van der Waals surface area contributed by atoms with Crippen molar-refractivity contribution < 1.29 is 19.1 Å². The molecule has 0 aromatic heterocycles. The van der Waals surface area contributed by atoms with Gasteiger partial charge in [-0.3, -0.25) is 9.59 Å². The summed E-state index contributed by atoms with van der Waals surface area (Å²) in [7, 11) is 4.86. The third kappa shape index (κ3) is 5.74. The van der Waals surface area contributed by atoms with Crippen LogP contribution in [-0.2, 0) is 4.79 Å². The lowest BCUT2D eigenvalue weighted by atomic mass is 10.1. The van der Waals surface area contributed by atoms with Gasteiger partial charge in [-0.05, 0) is 36.8 Å². The third-order valence-electron chi connectivity index (χ3n) is 3.90. The molecule has 0 saturated heterocycles. The van der Waals surface area contributed by atoms with E-state index in [1.165, 1.54) is 12.0 Å². The van der Waals surface area contributed by atoms with Gasteiger partial charge in [0.05, 0.1) is 25.3 Å². The van der Waals surface area contributed by atoms with Crippen molar-refractivity contribution in [3.63, 3.8) is 0 Å². The summed E-state index contributed by atoms with van der Waals surface area (Å²) in [6.07, 6.45) is 0.774. The van der Waals surface area contributed by atoms with E-state index in [1.54, 1.807) is 56.6 Å². The largest absolute Gasteiger partial charge is 0.493 e. The molecular weight excluding hydrogens is 358 g/mol. The molecule has 0 aliphatic carbocycles. The zero-order valence-electron chi connectivity index (χ0n) is 16.2. The van der Waals surface area contributed by atoms with Crippen LogP contribution in [0.3, 0.4) is 0 Å². The number of hydrogen-bond donors (Lipinski definition) is 1. The fourth-order valence-corrected chi connectivity index (χ4v) is 2.48. The molecule has 2 aromatic rings. The van der Waals surface area contributed by atoms with Gasteiger partial charge >= 0.3 is 0 Å². The van der Waals surface area contributed by atoms with Gasteiger partial charge in [0.2, 0.25) is 5.91 Å². The summed E-state index contributed by atoms with van der Waals surface area (Å²) in [6.45, 7) is 0.328. The van der Waals surface area contributed by atoms with E-state index < -0.39 is 0 Å². The summed E-state index contributed by atoms with van der Waals surface area (Å²) in [5.74, 6) is 0.716. The Labute approximate surface area is 164 Å².